The molecule has 2 aromatic carbocycles. The van der Waals surface area contributed by atoms with Crippen molar-refractivity contribution in [3.05, 3.63) is 60.2 Å². The van der Waals surface area contributed by atoms with Gasteiger partial charge in [-0.15, -0.1) is 0 Å². The van der Waals surface area contributed by atoms with E-state index in [1.807, 2.05) is 43.3 Å². The second kappa shape index (κ2) is 8.58. The molecule has 2 rings (SSSR count). The van der Waals surface area contributed by atoms with Gasteiger partial charge in [0, 0.05) is 23.5 Å². The van der Waals surface area contributed by atoms with Gasteiger partial charge in [-0.05, 0) is 36.8 Å². The normalized spacial score (nSPS) is 9.96. The van der Waals surface area contributed by atoms with Crippen LogP contribution in [-0.4, -0.2) is 24.9 Å². The third-order valence-electron chi connectivity index (χ3n) is 3.17. The molecule has 5 heteroatoms. The molecule has 2 amide bonds. The average molecular weight is 311 g/mol. The van der Waals surface area contributed by atoms with Gasteiger partial charge >= 0.3 is 0 Å². The highest BCUT2D eigenvalue weighted by Crippen LogP contribution is 2.11. The molecule has 23 heavy (non-hydrogen) atoms. The van der Waals surface area contributed by atoms with Gasteiger partial charge in [-0.1, -0.05) is 31.2 Å². The van der Waals surface area contributed by atoms with Crippen LogP contribution in [0.15, 0.2) is 54.6 Å². The molecule has 0 bridgehead atoms. The van der Waals surface area contributed by atoms with Crippen LogP contribution in [-0.2, 0) is 4.79 Å². The maximum absolute atomic E-state index is 11.9. The largest absolute Gasteiger partial charge is 0.376 e. The summed E-state index contributed by atoms with van der Waals surface area (Å²) in [6, 6.07) is 16.4. The van der Waals surface area contributed by atoms with E-state index in [1.165, 1.54) is 0 Å². The zero-order valence-electron chi connectivity index (χ0n) is 13.1. The fourth-order valence-corrected chi connectivity index (χ4v) is 2.02. The molecule has 0 aliphatic heterocycles. The second-order valence-electron chi connectivity index (χ2n) is 5.10. The number of para-hydroxylation sites is 1. The van der Waals surface area contributed by atoms with E-state index in [4.69, 9.17) is 0 Å². The van der Waals surface area contributed by atoms with Gasteiger partial charge in [-0.25, -0.2) is 0 Å². The van der Waals surface area contributed by atoms with E-state index >= 15 is 0 Å². The lowest BCUT2D eigenvalue weighted by molar-refractivity contribution is -0.114. The average Bonchev–Trinajstić information content (AvgIpc) is 2.59. The molecule has 2 aromatic rings. The summed E-state index contributed by atoms with van der Waals surface area (Å²) in [5.41, 5.74) is 2.07. The number of carbonyl (C=O) groups is 2. The molecule has 3 N–H and O–H groups in total. The number of nitrogens with one attached hydrogen (secondary N) is 3. The number of anilines is 2. The summed E-state index contributed by atoms with van der Waals surface area (Å²) in [6.07, 6.45) is 0.892. The van der Waals surface area contributed by atoms with Gasteiger partial charge < -0.3 is 16.0 Å². The van der Waals surface area contributed by atoms with Crippen molar-refractivity contribution < 1.29 is 9.59 Å². The SMILES string of the molecule is CCCNC(=O)c1cccc(NCC(=O)Nc2ccccc2)c1. The molecule has 0 atom stereocenters. The summed E-state index contributed by atoms with van der Waals surface area (Å²) in [5.74, 6) is -0.249. The zero-order chi connectivity index (χ0) is 16.5. The molecular weight excluding hydrogens is 290 g/mol. The topological polar surface area (TPSA) is 70.2 Å². The molecule has 5 nitrogen and oxygen atoms in total. The monoisotopic (exact) mass is 311 g/mol. The molecule has 0 aromatic heterocycles. The Bertz CT molecular complexity index is 656. The van der Waals surface area contributed by atoms with E-state index in [0.717, 1.165) is 17.8 Å². The summed E-state index contributed by atoms with van der Waals surface area (Å²) in [4.78, 5) is 23.8. The molecule has 0 aliphatic carbocycles. The first kappa shape index (κ1) is 16.5. The highest BCUT2D eigenvalue weighted by atomic mass is 16.2. The highest BCUT2D eigenvalue weighted by Gasteiger charge is 2.06. The van der Waals surface area contributed by atoms with Crippen LogP contribution in [0.2, 0.25) is 0 Å². The van der Waals surface area contributed by atoms with Gasteiger partial charge in [0.15, 0.2) is 0 Å². The van der Waals surface area contributed by atoms with E-state index < -0.39 is 0 Å². The molecule has 0 aliphatic rings. The second-order valence-corrected chi connectivity index (χ2v) is 5.10. The van der Waals surface area contributed by atoms with Crippen molar-refractivity contribution in [3.8, 4) is 0 Å². The van der Waals surface area contributed by atoms with Crippen LogP contribution < -0.4 is 16.0 Å². The minimum Gasteiger partial charge on any atom is -0.376 e. The maximum Gasteiger partial charge on any atom is 0.251 e. The smallest absolute Gasteiger partial charge is 0.251 e. The summed E-state index contributed by atoms with van der Waals surface area (Å²) in [6.45, 7) is 2.79. The first-order valence-corrected chi connectivity index (χ1v) is 7.66. The lowest BCUT2D eigenvalue weighted by Gasteiger charge is -2.09. The minimum atomic E-state index is -0.142. The van der Waals surface area contributed by atoms with E-state index in [0.29, 0.717) is 12.1 Å². The van der Waals surface area contributed by atoms with Crippen LogP contribution in [0.4, 0.5) is 11.4 Å². The molecule has 0 radical (unpaired) electrons. The number of rotatable bonds is 7. The van der Waals surface area contributed by atoms with Crippen LogP contribution in [0, 0.1) is 0 Å². The Hall–Kier alpha value is -2.82. The Morgan fingerprint density at radius 2 is 1.70 bits per heavy atom. The van der Waals surface area contributed by atoms with Gasteiger partial charge in [0.05, 0.1) is 6.54 Å². The Balaban J connectivity index is 1.88. The predicted octanol–water partition coefficient (Wildman–Crippen LogP) is 2.88. The first-order valence-electron chi connectivity index (χ1n) is 7.66. The molecule has 0 saturated carbocycles. The van der Waals surface area contributed by atoms with Gasteiger partial charge in [0.2, 0.25) is 5.91 Å². The summed E-state index contributed by atoms with van der Waals surface area (Å²) >= 11 is 0. The molecule has 0 fully saturated rings. The predicted molar refractivity (Wildman–Crippen MR) is 92.6 cm³/mol. The lowest BCUT2D eigenvalue weighted by Crippen LogP contribution is -2.24. The zero-order valence-corrected chi connectivity index (χ0v) is 13.1. The summed E-state index contributed by atoms with van der Waals surface area (Å²) < 4.78 is 0. The lowest BCUT2D eigenvalue weighted by atomic mass is 10.2. The van der Waals surface area contributed by atoms with Crippen molar-refractivity contribution in [2.24, 2.45) is 0 Å². The molecule has 0 saturated heterocycles. The number of carbonyl (C=O) groups excluding carboxylic acids is 2. The van der Waals surface area contributed by atoms with Crippen LogP contribution in [0.5, 0.6) is 0 Å². The van der Waals surface area contributed by atoms with E-state index in [1.54, 1.807) is 18.2 Å². The minimum absolute atomic E-state index is 0.107. The Morgan fingerprint density at radius 1 is 0.957 bits per heavy atom. The molecule has 0 heterocycles. The number of amides is 2. The van der Waals surface area contributed by atoms with Crippen molar-refractivity contribution in [1.29, 1.82) is 0 Å². The van der Waals surface area contributed by atoms with Crippen molar-refractivity contribution in [2.75, 3.05) is 23.7 Å². The van der Waals surface area contributed by atoms with Crippen molar-refractivity contribution >= 4 is 23.2 Å². The number of hydrogen-bond acceptors (Lipinski definition) is 3. The third kappa shape index (κ3) is 5.47. The number of hydrogen-bond donors (Lipinski definition) is 3. The first-order chi connectivity index (χ1) is 11.2. The van der Waals surface area contributed by atoms with Crippen molar-refractivity contribution in [2.45, 2.75) is 13.3 Å². The Kier molecular flexibility index (Phi) is 6.17. The molecule has 0 spiro atoms. The molecule has 120 valence electrons. The van der Waals surface area contributed by atoms with Crippen LogP contribution in [0.25, 0.3) is 0 Å². The summed E-state index contributed by atoms with van der Waals surface area (Å²) in [7, 11) is 0. The maximum atomic E-state index is 11.9. The Labute approximate surface area is 136 Å². The van der Waals surface area contributed by atoms with Gasteiger partial charge in [0.1, 0.15) is 0 Å². The fourth-order valence-electron chi connectivity index (χ4n) is 2.02. The quantitative estimate of drug-likeness (QED) is 0.736. The van der Waals surface area contributed by atoms with Crippen molar-refractivity contribution in [1.82, 2.24) is 5.32 Å². The van der Waals surface area contributed by atoms with E-state index in [2.05, 4.69) is 16.0 Å². The van der Waals surface area contributed by atoms with Crippen LogP contribution in [0.1, 0.15) is 23.7 Å². The number of benzene rings is 2. The van der Waals surface area contributed by atoms with E-state index in [9.17, 15) is 9.59 Å². The van der Waals surface area contributed by atoms with Gasteiger partial charge in [-0.3, -0.25) is 9.59 Å². The van der Waals surface area contributed by atoms with Gasteiger partial charge in [-0.2, -0.15) is 0 Å². The molecule has 0 unspecified atom stereocenters. The summed E-state index contributed by atoms with van der Waals surface area (Å²) in [5, 5.41) is 8.65. The van der Waals surface area contributed by atoms with Crippen molar-refractivity contribution in [3.63, 3.8) is 0 Å². The molecular formula is C18H21N3O2. The van der Waals surface area contributed by atoms with Gasteiger partial charge in [0.25, 0.3) is 5.91 Å². The third-order valence-corrected chi connectivity index (χ3v) is 3.17. The Morgan fingerprint density at radius 3 is 2.43 bits per heavy atom. The van der Waals surface area contributed by atoms with Crippen LogP contribution >= 0.6 is 0 Å². The van der Waals surface area contributed by atoms with E-state index in [-0.39, 0.29) is 18.4 Å². The van der Waals surface area contributed by atoms with Crippen LogP contribution in [0.3, 0.4) is 0 Å². The fraction of sp³-hybridized carbons (Fsp3) is 0.222. The highest BCUT2D eigenvalue weighted by molar-refractivity contribution is 5.96. The standard InChI is InChI=1S/C18H21N3O2/c1-2-11-19-18(23)14-7-6-10-16(12-14)20-13-17(22)21-15-8-4-3-5-9-15/h3-10,12,20H,2,11,13H2,1H3,(H,19,23)(H,21,22).